The van der Waals surface area contributed by atoms with Gasteiger partial charge in [0.05, 0.1) is 0 Å². The van der Waals surface area contributed by atoms with Gasteiger partial charge in [0.2, 0.25) is 0 Å². The summed E-state index contributed by atoms with van der Waals surface area (Å²) in [7, 11) is 1.67. The number of benzene rings is 4. The SMILES string of the molecule is c1ccc2c(c1)[pH]c1c(CCCCCCCc3cccc4c3[pH]c3ccccc34)cccc12. The molecule has 0 spiro atoms. The molecule has 2 unspecified atom stereocenters. The standard InChI is InChI=1S/C31H30P2/c1(2-4-12-22-14-10-18-26-24-16-6-8-20-28(24)32-30(22)26)3-5-13-23-15-11-19-27-25-17-7-9-21-29(25)33-31(23)27/h6-11,14-21,32-33H,1-5,12-13H2. The van der Waals surface area contributed by atoms with Crippen molar-refractivity contribution in [1.29, 1.82) is 0 Å². The molecule has 0 aliphatic carbocycles. The Labute approximate surface area is 199 Å². The predicted molar refractivity (Wildman–Crippen MR) is 152 cm³/mol. The highest BCUT2D eigenvalue weighted by Gasteiger charge is 2.08. The molecule has 164 valence electrons. The number of rotatable bonds is 8. The smallest absolute Gasteiger partial charge is 0.00259 e. The van der Waals surface area contributed by atoms with Crippen molar-refractivity contribution in [2.24, 2.45) is 0 Å². The van der Waals surface area contributed by atoms with E-state index in [2.05, 4.69) is 84.9 Å². The Bertz CT molecular complexity index is 1430. The van der Waals surface area contributed by atoms with Crippen LogP contribution in [0.2, 0.25) is 0 Å². The first-order valence-electron chi connectivity index (χ1n) is 12.3. The van der Waals surface area contributed by atoms with Crippen LogP contribution in [0.1, 0.15) is 43.2 Å². The van der Waals surface area contributed by atoms with E-state index in [1.54, 1.807) is 21.4 Å². The van der Waals surface area contributed by atoms with E-state index in [1.807, 2.05) is 0 Å². The van der Waals surface area contributed by atoms with Gasteiger partial charge in [-0.05, 0) is 68.6 Å². The van der Waals surface area contributed by atoms with Crippen LogP contribution in [-0.4, -0.2) is 0 Å². The normalized spacial score (nSPS) is 12.4. The first-order chi connectivity index (χ1) is 16.4. The molecule has 0 saturated heterocycles. The lowest BCUT2D eigenvalue weighted by Crippen LogP contribution is -1.88. The van der Waals surface area contributed by atoms with Crippen LogP contribution in [0.4, 0.5) is 0 Å². The third kappa shape index (κ3) is 4.12. The number of fused-ring (bicyclic) bond motifs is 6. The summed E-state index contributed by atoms with van der Waals surface area (Å²) in [5, 5.41) is 12.2. The van der Waals surface area contributed by atoms with Crippen LogP contribution in [0.15, 0.2) is 84.9 Å². The lowest BCUT2D eigenvalue weighted by molar-refractivity contribution is 0.615. The van der Waals surface area contributed by atoms with Crippen LogP contribution in [0, 0.1) is 0 Å². The van der Waals surface area contributed by atoms with Gasteiger partial charge >= 0.3 is 0 Å². The van der Waals surface area contributed by atoms with Crippen molar-refractivity contribution in [2.45, 2.75) is 44.9 Å². The molecule has 4 aromatic carbocycles. The molecule has 0 amide bonds. The van der Waals surface area contributed by atoms with E-state index in [-0.39, 0.29) is 0 Å². The summed E-state index contributed by atoms with van der Waals surface area (Å²) in [6.45, 7) is 0. The van der Waals surface area contributed by atoms with Crippen molar-refractivity contribution in [3.05, 3.63) is 96.1 Å². The maximum Gasteiger partial charge on any atom is 0.00259 e. The Hall–Kier alpha value is -2.52. The molecule has 0 fully saturated rings. The fourth-order valence-corrected chi connectivity index (χ4v) is 8.49. The molecular weight excluding hydrogens is 434 g/mol. The first-order valence-corrected chi connectivity index (χ1v) is 14.3. The average molecular weight is 465 g/mol. The van der Waals surface area contributed by atoms with Crippen LogP contribution < -0.4 is 0 Å². The molecule has 0 aliphatic heterocycles. The predicted octanol–water partition coefficient (Wildman–Crippen LogP) is 10.1. The van der Waals surface area contributed by atoms with Crippen molar-refractivity contribution in [3.63, 3.8) is 0 Å². The van der Waals surface area contributed by atoms with Crippen molar-refractivity contribution < 1.29 is 0 Å². The number of hydrogen-bond acceptors (Lipinski definition) is 0. The highest BCUT2D eigenvalue weighted by Crippen LogP contribution is 2.41. The monoisotopic (exact) mass is 464 g/mol. The van der Waals surface area contributed by atoms with Gasteiger partial charge in [-0.1, -0.05) is 104 Å². The lowest BCUT2D eigenvalue weighted by Gasteiger charge is -2.06. The van der Waals surface area contributed by atoms with Gasteiger partial charge in [0.25, 0.3) is 0 Å². The van der Waals surface area contributed by atoms with Crippen molar-refractivity contribution in [2.75, 3.05) is 0 Å². The van der Waals surface area contributed by atoms with Crippen LogP contribution in [0.3, 0.4) is 0 Å². The quantitative estimate of drug-likeness (QED) is 0.197. The zero-order valence-electron chi connectivity index (χ0n) is 19.0. The second-order valence-electron chi connectivity index (χ2n) is 9.29. The van der Waals surface area contributed by atoms with Crippen LogP contribution in [-0.2, 0) is 12.8 Å². The average Bonchev–Trinajstić information content (AvgIpc) is 3.43. The van der Waals surface area contributed by atoms with Crippen molar-refractivity contribution in [1.82, 2.24) is 0 Å². The summed E-state index contributed by atoms with van der Waals surface area (Å²) in [4.78, 5) is 0. The molecule has 0 bridgehead atoms. The van der Waals surface area contributed by atoms with E-state index in [0.717, 1.165) is 16.4 Å². The van der Waals surface area contributed by atoms with Gasteiger partial charge in [0.15, 0.2) is 0 Å². The van der Waals surface area contributed by atoms with Crippen LogP contribution >= 0.6 is 16.4 Å². The third-order valence-electron chi connectivity index (χ3n) is 7.15. The number of hydrogen-bond donors (Lipinski definition) is 0. The Morgan fingerprint density at radius 1 is 0.394 bits per heavy atom. The topological polar surface area (TPSA) is 0 Å². The fourth-order valence-electron chi connectivity index (χ4n) is 5.45. The van der Waals surface area contributed by atoms with Crippen molar-refractivity contribution >= 4 is 58.4 Å². The minimum Gasteiger partial charge on any atom is -0.123 e. The minimum atomic E-state index is 0.837. The minimum absolute atomic E-state index is 0.837. The van der Waals surface area contributed by atoms with E-state index in [4.69, 9.17) is 0 Å². The maximum absolute atomic E-state index is 2.37. The van der Waals surface area contributed by atoms with E-state index in [0.29, 0.717) is 0 Å². The summed E-state index contributed by atoms with van der Waals surface area (Å²) in [6, 6.07) is 31.8. The molecule has 2 atom stereocenters. The molecule has 33 heavy (non-hydrogen) atoms. The van der Waals surface area contributed by atoms with Gasteiger partial charge in [-0.2, -0.15) is 0 Å². The molecule has 2 heteroatoms. The number of aryl methyl sites for hydroxylation is 2. The summed E-state index contributed by atoms with van der Waals surface area (Å²) in [6.07, 6.45) is 9.14. The van der Waals surface area contributed by atoms with Gasteiger partial charge in [0, 0.05) is 10.2 Å². The highest BCUT2D eigenvalue weighted by molar-refractivity contribution is 7.44. The van der Waals surface area contributed by atoms with Gasteiger partial charge in [-0.3, -0.25) is 0 Å². The molecule has 2 aromatic heterocycles. The summed E-state index contributed by atoms with van der Waals surface area (Å²) in [5.74, 6) is 0. The van der Waals surface area contributed by atoms with E-state index in [1.165, 1.54) is 76.7 Å². The molecule has 6 rings (SSSR count). The van der Waals surface area contributed by atoms with Crippen LogP contribution in [0.25, 0.3) is 42.0 Å². The van der Waals surface area contributed by atoms with Crippen LogP contribution in [0.5, 0.6) is 0 Å². The molecule has 0 N–H and O–H groups in total. The molecule has 0 nitrogen and oxygen atoms in total. The highest BCUT2D eigenvalue weighted by atomic mass is 31.0. The summed E-state index contributed by atoms with van der Waals surface area (Å²) < 4.78 is 0. The second kappa shape index (κ2) is 9.38. The zero-order valence-corrected chi connectivity index (χ0v) is 21.0. The van der Waals surface area contributed by atoms with E-state index >= 15 is 0 Å². The number of unbranched alkanes of at least 4 members (excludes halogenated alkanes) is 4. The molecule has 0 saturated carbocycles. The largest absolute Gasteiger partial charge is 0.123 e. The third-order valence-corrected chi connectivity index (χ3v) is 10.2. The lowest BCUT2D eigenvalue weighted by atomic mass is 10.0. The van der Waals surface area contributed by atoms with Gasteiger partial charge in [-0.25, -0.2) is 0 Å². The second-order valence-corrected chi connectivity index (χ2v) is 11.9. The first kappa shape index (κ1) is 21.0. The Morgan fingerprint density at radius 2 is 0.818 bits per heavy atom. The fraction of sp³-hybridized carbons (Fsp3) is 0.226. The van der Waals surface area contributed by atoms with Gasteiger partial charge < -0.3 is 0 Å². The van der Waals surface area contributed by atoms with Gasteiger partial charge in [-0.15, -0.1) is 16.4 Å². The maximum atomic E-state index is 2.37. The molecule has 6 aromatic rings. The Morgan fingerprint density at radius 3 is 1.33 bits per heavy atom. The van der Waals surface area contributed by atoms with E-state index in [9.17, 15) is 0 Å². The van der Waals surface area contributed by atoms with E-state index < -0.39 is 0 Å². The summed E-state index contributed by atoms with van der Waals surface area (Å²) in [5.41, 5.74) is 3.17. The van der Waals surface area contributed by atoms with Crippen molar-refractivity contribution in [3.8, 4) is 0 Å². The summed E-state index contributed by atoms with van der Waals surface area (Å²) >= 11 is 0. The Kier molecular flexibility index (Phi) is 5.98. The molecule has 0 aliphatic rings. The van der Waals surface area contributed by atoms with Gasteiger partial charge in [0.1, 0.15) is 0 Å². The Balaban J connectivity index is 1.03. The molecule has 0 radical (unpaired) electrons. The zero-order chi connectivity index (χ0) is 22.0. The molecule has 2 heterocycles. The molecular formula is C31H30P2.